The number of aromatic nitrogens is 2. The molecule has 0 saturated carbocycles. The Morgan fingerprint density at radius 1 is 0.938 bits per heavy atom. The van der Waals surface area contributed by atoms with Crippen LogP contribution in [0.2, 0.25) is 0 Å². The second-order valence-electron chi connectivity index (χ2n) is 7.03. The van der Waals surface area contributed by atoms with E-state index in [1.807, 2.05) is 42.5 Å². The fraction of sp³-hybridized carbons (Fsp3) is 0.160. The molecule has 7 heteroatoms. The molecule has 4 rings (SSSR count). The molecule has 0 spiro atoms. The van der Waals surface area contributed by atoms with Crippen LogP contribution in [0.25, 0.3) is 10.9 Å². The van der Waals surface area contributed by atoms with Gasteiger partial charge in [-0.2, -0.15) is 0 Å². The number of hydrogen-bond donors (Lipinski definition) is 1. The van der Waals surface area contributed by atoms with Crippen LogP contribution in [0.1, 0.15) is 11.4 Å². The summed E-state index contributed by atoms with van der Waals surface area (Å²) >= 11 is 1.39. The molecular formula is C25H23N3O3S. The van der Waals surface area contributed by atoms with E-state index in [4.69, 9.17) is 19.4 Å². The summed E-state index contributed by atoms with van der Waals surface area (Å²) in [5.41, 5.74) is 2.57. The van der Waals surface area contributed by atoms with Gasteiger partial charge in [0.15, 0.2) is 0 Å². The molecule has 0 bridgehead atoms. The lowest BCUT2D eigenvalue weighted by Gasteiger charge is -2.12. The molecule has 0 saturated heterocycles. The minimum atomic E-state index is -0.158. The van der Waals surface area contributed by atoms with Gasteiger partial charge in [-0.3, -0.25) is 4.79 Å². The van der Waals surface area contributed by atoms with Gasteiger partial charge < -0.3 is 14.8 Å². The molecule has 1 heterocycles. The fourth-order valence-electron chi connectivity index (χ4n) is 3.29. The van der Waals surface area contributed by atoms with Crippen molar-refractivity contribution >= 4 is 34.3 Å². The normalized spacial score (nSPS) is 10.7. The number of rotatable bonds is 8. The molecule has 0 fully saturated rings. The number of amides is 1. The quantitative estimate of drug-likeness (QED) is 0.305. The highest BCUT2D eigenvalue weighted by Gasteiger charge is 2.13. The molecule has 1 N–H and O–H groups in total. The largest absolute Gasteiger partial charge is 0.497 e. The van der Waals surface area contributed by atoms with Gasteiger partial charge in [0.1, 0.15) is 22.3 Å². The Bertz CT molecular complexity index is 1230. The van der Waals surface area contributed by atoms with Crippen molar-refractivity contribution in [2.24, 2.45) is 0 Å². The molecule has 1 amide bonds. The summed E-state index contributed by atoms with van der Waals surface area (Å²) in [5, 5.41) is 4.62. The lowest BCUT2D eigenvalue weighted by molar-refractivity contribution is -0.113. The molecule has 0 aliphatic carbocycles. The summed E-state index contributed by atoms with van der Waals surface area (Å²) in [5.74, 6) is 1.98. The van der Waals surface area contributed by atoms with Crippen molar-refractivity contribution in [2.75, 3.05) is 25.3 Å². The van der Waals surface area contributed by atoms with Gasteiger partial charge in [0.05, 0.1) is 31.2 Å². The highest BCUT2D eigenvalue weighted by Crippen LogP contribution is 2.30. The Morgan fingerprint density at radius 2 is 1.72 bits per heavy atom. The van der Waals surface area contributed by atoms with Gasteiger partial charge >= 0.3 is 0 Å². The van der Waals surface area contributed by atoms with Gasteiger partial charge in [0.2, 0.25) is 5.91 Å². The van der Waals surface area contributed by atoms with Crippen molar-refractivity contribution in [1.29, 1.82) is 0 Å². The minimum Gasteiger partial charge on any atom is -0.497 e. The Morgan fingerprint density at radius 3 is 2.50 bits per heavy atom. The third-order valence-electron chi connectivity index (χ3n) is 4.84. The Labute approximate surface area is 191 Å². The molecule has 3 aromatic carbocycles. The van der Waals surface area contributed by atoms with E-state index in [1.54, 1.807) is 32.4 Å². The first-order valence-electron chi connectivity index (χ1n) is 10.1. The Kier molecular flexibility index (Phi) is 6.87. The number of para-hydroxylation sites is 1. The average molecular weight is 446 g/mol. The van der Waals surface area contributed by atoms with Crippen molar-refractivity contribution in [3.8, 4) is 11.5 Å². The molecule has 0 aliphatic rings. The standard InChI is InChI=1S/C25H23N3O3S/c1-30-18-12-13-22(31-2)21(15-18)27-24(29)16-32-25-19-10-6-7-11-20(19)26-23(28-25)14-17-8-4-3-5-9-17/h3-13,15H,14,16H2,1-2H3,(H,27,29). The second kappa shape index (κ2) is 10.2. The van der Waals surface area contributed by atoms with E-state index >= 15 is 0 Å². The summed E-state index contributed by atoms with van der Waals surface area (Å²) in [6.45, 7) is 0. The predicted molar refractivity (Wildman–Crippen MR) is 128 cm³/mol. The van der Waals surface area contributed by atoms with Gasteiger partial charge in [0.25, 0.3) is 0 Å². The average Bonchev–Trinajstić information content (AvgIpc) is 2.83. The number of fused-ring (bicyclic) bond motifs is 1. The van der Waals surface area contributed by atoms with Gasteiger partial charge in [0, 0.05) is 17.9 Å². The number of nitrogens with one attached hydrogen (secondary N) is 1. The number of methoxy groups -OCH3 is 2. The van der Waals surface area contributed by atoms with Crippen LogP contribution in [0.5, 0.6) is 11.5 Å². The molecule has 6 nitrogen and oxygen atoms in total. The lowest BCUT2D eigenvalue weighted by Crippen LogP contribution is -2.15. The molecule has 0 atom stereocenters. The van der Waals surface area contributed by atoms with Crippen molar-refractivity contribution in [3.63, 3.8) is 0 Å². The van der Waals surface area contributed by atoms with Crippen LogP contribution in [0.15, 0.2) is 77.8 Å². The highest BCUT2D eigenvalue weighted by molar-refractivity contribution is 8.00. The second-order valence-corrected chi connectivity index (χ2v) is 7.99. The monoisotopic (exact) mass is 445 g/mol. The number of carbonyl (C=O) groups excluding carboxylic acids is 1. The molecule has 0 unspecified atom stereocenters. The fourth-order valence-corrected chi connectivity index (χ4v) is 4.13. The van der Waals surface area contributed by atoms with Crippen LogP contribution in [-0.4, -0.2) is 35.8 Å². The van der Waals surface area contributed by atoms with E-state index in [2.05, 4.69) is 17.4 Å². The zero-order valence-corrected chi connectivity index (χ0v) is 18.7. The van der Waals surface area contributed by atoms with Gasteiger partial charge in [-0.1, -0.05) is 60.3 Å². The molecule has 162 valence electrons. The third-order valence-corrected chi connectivity index (χ3v) is 5.83. The van der Waals surface area contributed by atoms with Crippen molar-refractivity contribution < 1.29 is 14.3 Å². The number of carbonyl (C=O) groups is 1. The van der Waals surface area contributed by atoms with Crippen LogP contribution in [-0.2, 0) is 11.2 Å². The lowest BCUT2D eigenvalue weighted by atomic mass is 10.1. The maximum atomic E-state index is 12.7. The van der Waals surface area contributed by atoms with Crippen LogP contribution in [0, 0.1) is 0 Å². The van der Waals surface area contributed by atoms with Crippen LogP contribution in [0.4, 0.5) is 5.69 Å². The van der Waals surface area contributed by atoms with Crippen molar-refractivity contribution in [2.45, 2.75) is 11.4 Å². The number of anilines is 1. The van der Waals surface area contributed by atoms with Crippen LogP contribution in [0.3, 0.4) is 0 Å². The zero-order valence-electron chi connectivity index (χ0n) is 17.9. The SMILES string of the molecule is COc1ccc(OC)c(NC(=O)CSc2nc(Cc3ccccc3)nc3ccccc23)c1. The number of ether oxygens (including phenoxy) is 2. The van der Waals surface area contributed by atoms with E-state index < -0.39 is 0 Å². The van der Waals surface area contributed by atoms with E-state index in [1.165, 1.54) is 11.8 Å². The maximum Gasteiger partial charge on any atom is 0.234 e. The summed E-state index contributed by atoms with van der Waals surface area (Å²) < 4.78 is 10.6. The smallest absolute Gasteiger partial charge is 0.234 e. The Balaban J connectivity index is 1.53. The van der Waals surface area contributed by atoms with Crippen LogP contribution < -0.4 is 14.8 Å². The molecular weight excluding hydrogens is 422 g/mol. The molecule has 0 aliphatic heterocycles. The molecule has 1 aromatic heterocycles. The molecule has 4 aromatic rings. The van der Waals surface area contributed by atoms with E-state index in [0.717, 1.165) is 27.3 Å². The summed E-state index contributed by atoms with van der Waals surface area (Å²) in [6, 6.07) is 23.2. The number of benzene rings is 3. The number of thioether (sulfide) groups is 1. The minimum absolute atomic E-state index is 0.158. The highest BCUT2D eigenvalue weighted by atomic mass is 32.2. The van der Waals surface area contributed by atoms with Crippen molar-refractivity contribution in [3.05, 3.63) is 84.2 Å². The summed E-state index contributed by atoms with van der Waals surface area (Å²) in [6.07, 6.45) is 0.631. The topological polar surface area (TPSA) is 73.3 Å². The van der Waals surface area contributed by atoms with E-state index in [-0.39, 0.29) is 11.7 Å². The number of hydrogen-bond acceptors (Lipinski definition) is 6. The first kappa shape index (κ1) is 21.6. The van der Waals surface area contributed by atoms with E-state index in [9.17, 15) is 4.79 Å². The van der Waals surface area contributed by atoms with Gasteiger partial charge in [-0.25, -0.2) is 9.97 Å². The van der Waals surface area contributed by atoms with Crippen molar-refractivity contribution in [1.82, 2.24) is 9.97 Å². The van der Waals surface area contributed by atoms with E-state index in [0.29, 0.717) is 23.6 Å². The first-order valence-corrected chi connectivity index (χ1v) is 11.1. The molecule has 32 heavy (non-hydrogen) atoms. The van der Waals surface area contributed by atoms with Gasteiger partial charge in [-0.05, 0) is 23.8 Å². The third kappa shape index (κ3) is 5.18. The maximum absolute atomic E-state index is 12.7. The summed E-state index contributed by atoms with van der Waals surface area (Å²) in [7, 11) is 3.14. The summed E-state index contributed by atoms with van der Waals surface area (Å²) in [4.78, 5) is 22.2. The van der Waals surface area contributed by atoms with Crippen LogP contribution >= 0.6 is 11.8 Å². The predicted octanol–water partition coefficient (Wildman–Crippen LogP) is 4.97. The Hall–Kier alpha value is -3.58. The zero-order chi connectivity index (χ0) is 22.3. The van der Waals surface area contributed by atoms with Gasteiger partial charge in [-0.15, -0.1) is 0 Å². The molecule has 0 radical (unpaired) electrons. The number of nitrogens with zero attached hydrogens (tertiary/aromatic N) is 2. The first-order chi connectivity index (χ1) is 15.7.